The predicted octanol–water partition coefficient (Wildman–Crippen LogP) is 1.87. The highest BCUT2D eigenvalue weighted by Crippen LogP contribution is 2.25. The van der Waals surface area contributed by atoms with E-state index < -0.39 is 0 Å². The molecule has 1 aromatic rings. The van der Waals surface area contributed by atoms with Crippen LogP contribution in [0.15, 0.2) is 29.3 Å². The zero-order chi connectivity index (χ0) is 18.8. The molecule has 0 saturated heterocycles. The van der Waals surface area contributed by atoms with Crippen molar-refractivity contribution in [1.29, 1.82) is 0 Å². The molecule has 6 nitrogen and oxygen atoms in total. The first-order chi connectivity index (χ1) is 12.6. The van der Waals surface area contributed by atoms with E-state index in [0.29, 0.717) is 12.6 Å². The molecule has 2 N–H and O–H groups in total. The summed E-state index contributed by atoms with van der Waals surface area (Å²) in [6.45, 7) is 5.91. The molecule has 26 heavy (non-hydrogen) atoms. The van der Waals surface area contributed by atoms with Gasteiger partial charge < -0.3 is 20.1 Å². The van der Waals surface area contributed by atoms with E-state index in [1.165, 1.54) is 18.9 Å². The summed E-state index contributed by atoms with van der Waals surface area (Å²) in [6, 6.07) is 7.13. The zero-order valence-electron chi connectivity index (χ0n) is 16.0. The standard InChI is InChI=1S/C19H31FN4O2/c1-15(26-18-7-5-4-6-17(18)20)14-23-19(21-2)22-10-11-24(12-13-25-3)16-8-9-16/h4-7,15-16H,8-14H2,1-3H3,(H2,21,22,23). The normalized spacial score (nSPS) is 15.8. The third-order valence-electron chi connectivity index (χ3n) is 4.28. The van der Waals surface area contributed by atoms with E-state index in [9.17, 15) is 4.39 Å². The Hall–Kier alpha value is -1.86. The number of nitrogens with zero attached hydrogens (tertiary/aromatic N) is 2. The van der Waals surface area contributed by atoms with E-state index in [0.717, 1.165) is 32.2 Å². The second-order valence-electron chi connectivity index (χ2n) is 6.50. The lowest BCUT2D eigenvalue weighted by Crippen LogP contribution is -2.45. The fourth-order valence-electron chi connectivity index (χ4n) is 2.70. The number of ether oxygens (including phenoxy) is 2. The molecular weight excluding hydrogens is 335 g/mol. The summed E-state index contributed by atoms with van der Waals surface area (Å²) in [6.07, 6.45) is 2.37. The van der Waals surface area contributed by atoms with Gasteiger partial charge in [-0.1, -0.05) is 12.1 Å². The summed E-state index contributed by atoms with van der Waals surface area (Å²) >= 11 is 0. The molecule has 7 heteroatoms. The molecule has 0 bridgehead atoms. The van der Waals surface area contributed by atoms with Crippen LogP contribution in [0.4, 0.5) is 4.39 Å². The molecule has 0 aromatic heterocycles. The van der Waals surface area contributed by atoms with Gasteiger partial charge in [-0.25, -0.2) is 4.39 Å². The van der Waals surface area contributed by atoms with Crippen LogP contribution in [0.2, 0.25) is 0 Å². The second-order valence-corrected chi connectivity index (χ2v) is 6.50. The summed E-state index contributed by atoms with van der Waals surface area (Å²) in [5.74, 6) is 0.637. The molecule has 2 rings (SSSR count). The molecule has 1 saturated carbocycles. The largest absolute Gasteiger partial charge is 0.486 e. The van der Waals surface area contributed by atoms with Crippen molar-refractivity contribution in [3.63, 3.8) is 0 Å². The van der Waals surface area contributed by atoms with Crippen LogP contribution in [0.25, 0.3) is 0 Å². The average molecular weight is 366 g/mol. The van der Waals surface area contributed by atoms with E-state index in [-0.39, 0.29) is 17.7 Å². The molecular formula is C19H31FN4O2. The van der Waals surface area contributed by atoms with Gasteiger partial charge in [0, 0.05) is 39.8 Å². The Bertz CT molecular complexity index is 566. The summed E-state index contributed by atoms with van der Waals surface area (Å²) in [5, 5.41) is 6.54. The Morgan fingerprint density at radius 1 is 1.31 bits per heavy atom. The van der Waals surface area contributed by atoms with Crippen molar-refractivity contribution in [3.8, 4) is 5.75 Å². The first-order valence-electron chi connectivity index (χ1n) is 9.22. The van der Waals surface area contributed by atoms with Gasteiger partial charge in [-0.3, -0.25) is 9.89 Å². The van der Waals surface area contributed by atoms with Gasteiger partial charge in [-0.2, -0.15) is 0 Å². The highest BCUT2D eigenvalue weighted by Gasteiger charge is 2.28. The van der Waals surface area contributed by atoms with Crippen molar-refractivity contribution >= 4 is 5.96 Å². The number of para-hydroxylation sites is 1. The molecule has 146 valence electrons. The molecule has 0 heterocycles. The number of halogens is 1. The number of rotatable bonds is 11. The van der Waals surface area contributed by atoms with E-state index in [4.69, 9.17) is 9.47 Å². The zero-order valence-corrected chi connectivity index (χ0v) is 16.0. The summed E-state index contributed by atoms with van der Waals surface area (Å²) in [5.41, 5.74) is 0. The third-order valence-corrected chi connectivity index (χ3v) is 4.28. The van der Waals surface area contributed by atoms with Crippen molar-refractivity contribution < 1.29 is 13.9 Å². The van der Waals surface area contributed by atoms with Crippen LogP contribution in [0.5, 0.6) is 5.75 Å². The summed E-state index contributed by atoms with van der Waals surface area (Å²) in [7, 11) is 3.47. The Kier molecular flexibility index (Phi) is 8.64. The molecule has 1 fully saturated rings. The molecule has 1 atom stereocenters. The van der Waals surface area contributed by atoms with E-state index >= 15 is 0 Å². The number of hydrogen-bond acceptors (Lipinski definition) is 4. The Labute approximate surface area is 155 Å². The molecule has 0 amide bonds. The fourth-order valence-corrected chi connectivity index (χ4v) is 2.70. The van der Waals surface area contributed by atoms with Crippen molar-refractivity contribution in [2.75, 3.05) is 46.9 Å². The minimum Gasteiger partial charge on any atom is -0.486 e. The van der Waals surface area contributed by atoms with E-state index in [2.05, 4.69) is 20.5 Å². The minimum absolute atomic E-state index is 0.185. The number of methoxy groups -OCH3 is 1. The summed E-state index contributed by atoms with van der Waals surface area (Å²) < 4.78 is 24.4. The molecule has 1 unspecified atom stereocenters. The summed E-state index contributed by atoms with van der Waals surface area (Å²) in [4.78, 5) is 6.68. The molecule has 0 aliphatic heterocycles. The van der Waals surface area contributed by atoms with Gasteiger partial charge in [0.05, 0.1) is 13.2 Å². The van der Waals surface area contributed by atoms with Crippen LogP contribution in [-0.4, -0.2) is 69.9 Å². The van der Waals surface area contributed by atoms with Crippen LogP contribution in [0.1, 0.15) is 19.8 Å². The maximum atomic E-state index is 13.6. The van der Waals surface area contributed by atoms with Crippen molar-refractivity contribution in [2.45, 2.75) is 31.9 Å². The Morgan fingerprint density at radius 3 is 2.73 bits per heavy atom. The predicted molar refractivity (Wildman–Crippen MR) is 102 cm³/mol. The van der Waals surface area contributed by atoms with Crippen molar-refractivity contribution in [3.05, 3.63) is 30.1 Å². The number of hydrogen-bond donors (Lipinski definition) is 2. The lowest BCUT2D eigenvalue weighted by atomic mass is 10.3. The van der Waals surface area contributed by atoms with Crippen molar-refractivity contribution in [1.82, 2.24) is 15.5 Å². The molecule has 1 aliphatic rings. The van der Waals surface area contributed by atoms with Crippen LogP contribution in [0, 0.1) is 5.82 Å². The number of guanidine groups is 1. The highest BCUT2D eigenvalue weighted by atomic mass is 19.1. The van der Waals surface area contributed by atoms with Gasteiger partial charge in [0.25, 0.3) is 0 Å². The number of nitrogens with one attached hydrogen (secondary N) is 2. The maximum absolute atomic E-state index is 13.6. The van der Waals surface area contributed by atoms with Crippen LogP contribution in [0.3, 0.4) is 0 Å². The van der Waals surface area contributed by atoms with E-state index in [1.54, 1.807) is 32.4 Å². The monoisotopic (exact) mass is 366 g/mol. The van der Waals surface area contributed by atoms with Gasteiger partial charge in [0.1, 0.15) is 6.10 Å². The second kappa shape index (κ2) is 11.0. The maximum Gasteiger partial charge on any atom is 0.191 e. The number of aliphatic imine (C=N–C) groups is 1. The van der Waals surface area contributed by atoms with Crippen LogP contribution in [-0.2, 0) is 4.74 Å². The first-order valence-corrected chi connectivity index (χ1v) is 9.22. The topological polar surface area (TPSA) is 58.1 Å². The number of benzene rings is 1. The smallest absolute Gasteiger partial charge is 0.191 e. The van der Waals surface area contributed by atoms with Crippen LogP contribution < -0.4 is 15.4 Å². The Balaban J connectivity index is 1.67. The third kappa shape index (κ3) is 7.17. The van der Waals surface area contributed by atoms with Gasteiger partial charge >= 0.3 is 0 Å². The SMILES string of the molecule is CN=C(NCCN(CCOC)C1CC1)NCC(C)Oc1ccccc1F. The quantitative estimate of drug-likeness (QED) is 0.463. The lowest BCUT2D eigenvalue weighted by molar-refractivity contribution is 0.144. The average Bonchev–Trinajstić information content (AvgIpc) is 3.47. The minimum atomic E-state index is -0.349. The highest BCUT2D eigenvalue weighted by molar-refractivity contribution is 5.79. The van der Waals surface area contributed by atoms with Crippen molar-refractivity contribution in [2.24, 2.45) is 4.99 Å². The van der Waals surface area contributed by atoms with Gasteiger partial charge in [-0.05, 0) is 31.9 Å². The van der Waals surface area contributed by atoms with Gasteiger partial charge in [0.2, 0.25) is 0 Å². The first kappa shape index (κ1) is 20.5. The molecule has 0 spiro atoms. The lowest BCUT2D eigenvalue weighted by Gasteiger charge is -2.23. The van der Waals surface area contributed by atoms with Gasteiger partial charge in [-0.15, -0.1) is 0 Å². The fraction of sp³-hybridized carbons (Fsp3) is 0.632. The molecule has 0 radical (unpaired) electrons. The molecule has 1 aliphatic carbocycles. The van der Waals surface area contributed by atoms with Crippen LogP contribution >= 0.6 is 0 Å². The van der Waals surface area contributed by atoms with E-state index in [1.807, 2.05) is 6.92 Å². The molecule has 1 aromatic carbocycles. The Morgan fingerprint density at radius 2 is 2.08 bits per heavy atom. The van der Waals surface area contributed by atoms with Gasteiger partial charge in [0.15, 0.2) is 17.5 Å².